The lowest BCUT2D eigenvalue weighted by atomic mass is 10.0. The molecule has 0 saturated carbocycles. The largest absolute Gasteiger partial charge is 0.436 e. The van der Waals surface area contributed by atoms with Crippen LogP contribution in [0.15, 0.2) is 215 Å². The highest BCUT2D eigenvalue weighted by Crippen LogP contribution is 2.40. The van der Waals surface area contributed by atoms with Crippen molar-refractivity contribution in [2.24, 2.45) is 0 Å². The zero-order valence-electron chi connectivity index (χ0n) is 34.6. The van der Waals surface area contributed by atoms with Gasteiger partial charge in [0.05, 0.1) is 11.0 Å². The highest BCUT2D eigenvalue weighted by molar-refractivity contribution is 6.21. The Morgan fingerprint density at radius 1 is 0.323 bits per heavy atom. The first-order valence-corrected chi connectivity index (χ1v) is 21.5. The summed E-state index contributed by atoms with van der Waals surface area (Å²) in [7, 11) is 0. The average molecular weight is 835 g/mol. The number of oxazole rings is 2. The number of fused-ring (bicyclic) bond motifs is 7. The zero-order chi connectivity index (χ0) is 42.8. The van der Waals surface area contributed by atoms with Crippen LogP contribution in [0.5, 0.6) is 0 Å². The second-order valence-electron chi connectivity index (χ2n) is 16.1. The van der Waals surface area contributed by atoms with Gasteiger partial charge in [0.2, 0.25) is 11.8 Å². The van der Waals surface area contributed by atoms with Gasteiger partial charge < -0.3 is 13.4 Å². The van der Waals surface area contributed by atoms with Crippen molar-refractivity contribution in [3.05, 3.63) is 206 Å². The summed E-state index contributed by atoms with van der Waals surface area (Å²) in [5.41, 5.74) is 13.0. The van der Waals surface area contributed by atoms with Crippen molar-refractivity contribution < 1.29 is 8.83 Å². The van der Waals surface area contributed by atoms with Gasteiger partial charge in [-0.15, -0.1) is 0 Å². The predicted molar refractivity (Wildman–Crippen MR) is 259 cm³/mol. The van der Waals surface area contributed by atoms with E-state index >= 15 is 0 Å². The van der Waals surface area contributed by atoms with Gasteiger partial charge in [0, 0.05) is 44.3 Å². The third-order valence-corrected chi connectivity index (χ3v) is 12.1. The van der Waals surface area contributed by atoms with Gasteiger partial charge in [0.25, 0.3) is 0 Å². The Balaban J connectivity index is 0.970. The summed E-state index contributed by atoms with van der Waals surface area (Å²) in [6, 6.07) is 70.5. The van der Waals surface area contributed by atoms with Crippen LogP contribution in [-0.4, -0.2) is 29.5 Å². The van der Waals surface area contributed by atoms with Gasteiger partial charge >= 0.3 is 0 Å². The summed E-state index contributed by atoms with van der Waals surface area (Å²) < 4.78 is 14.6. The topological polar surface area (TPSA) is 95.7 Å². The molecule has 0 atom stereocenters. The standard InChI is InChI=1S/C57H34N6O2/c1-2-11-35(12-3-1)41-14-10-15-43(33-41)63-48-31-30-42(34-45(48)52-44-16-5-4-13-36(44)29-32-49(52)63)55-61-53(37-21-25-39(26-22-37)56-58-46-17-6-8-19-50(46)64-56)60-54(62-55)38-23-27-40(28-24-38)57-59-47-18-7-9-20-51(47)65-57/h1-34H. The van der Waals surface area contributed by atoms with E-state index in [-0.39, 0.29) is 0 Å². The Morgan fingerprint density at radius 2 is 0.846 bits per heavy atom. The van der Waals surface area contributed by atoms with E-state index in [0.717, 1.165) is 77.7 Å². The lowest BCUT2D eigenvalue weighted by molar-refractivity contribution is 0.619. The number of aromatic nitrogens is 6. The summed E-state index contributed by atoms with van der Waals surface area (Å²) in [6.07, 6.45) is 0. The molecule has 8 nitrogen and oxygen atoms in total. The minimum absolute atomic E-state index is 0.544. The fourth-order valence-corrected chi connectivity index (χ4v) is 8.94. The molecular weight excluding hydrogens is 801 g/mol. The molecule has 13 aromatic rings. The van der Waals surface area contributed by atoms with Gasteiger partial charge in [-0.25, -0.2) is 24.9 Å². The van der Waals surface area contributed by atoms with Gasteiger partial charge in [-0.05, 0) is 107 Å². The molecule has 0 aliphatic carbocycles. The predicted octanol–water partition coefficient (Wildman–Crippen LogP) is 14.4. The fourth-order valence-electron chi connectivity index (χ4n) is 8.94. The number of nitrogens with zero attached hydrogens (tertiary/aromatic N) is 6. The Morgan fingerprint density at radius 3 is 1.49 bits per heavy atom. The van der Waals surface area contributed by atoms with Crippen LogP contribution in [0.4, 0.5) is 0 Å². The molecular formula is C57H34N6O2. The summed E-state index contributed by atoms with van der Waals surface area (Å²) >= 11 is 0. The molecule has 0 saturated heterocycles. The Labute approximate surface area is 371 Å². The normalized spacial score (nSPS) is 11.7. The zero-order valence-corrected chi connectivity index (χ0v) is 34.6. The van der Waals surface area contributed by atoms with E-state index in [2.05, 4.69) is 114 Å². The first kappa shape index (κ1) is 36.6. The van der Waals surface area contributed by atoms with Crippen molar-refractivity contribution in [1.82, 2.24) is 29.5 Å². The van der Waals surface area contributed by atoms with Crippen LogP contribution in [-0.2, 0) is 0 Å². The number of rotatable bonds is 7. The van der Waals surface area contributed by atoms with E-state index < -0.39 is 0 Å². The molecule has 0 spiro atoms. The van der Waals surface area contributed by atoms with Gasteiger partial charge in [-0.1, -0.05) is 121 Å². The third kappa shape index (κ3) is 6.35. The molecule has 0 amide bonds. The van der Waals surface area contributed by atoms with E-state index in [0.29, 0.717) is 29.3 Å². The minimum Gasteiger partial charge on any atom is -0.436 e. The van der Waals surface area contributed by atoms with Crippen molar-refractivity contribution in [3.63, 3.8) is 0 Å². The Bertz CT molecular complexity index is 3740. The molecule has 9 aromatic carbocycles. The van der Waals surface area contributed by atoms with Crippen molar-refractivity contribution in [3.8, 4) is 73.9 Å². The van der Waals surface area contributed by atoms with Gasteiger partial charge in [-0.3, -0.25) is 0 Å². The molecule has 8 heteroatoms. The SMILES string of the molecule is c1ccc(-c2cccc(-n3c4ccc(-c5nc(-c6ccc(-c7nc8ccccc8o7)cc6)nc(-c6ccc(-c7nc8ccccc8o7)cc6)n5)cc4c4c5ccccc5ccc43)c2)cc1. The first-order valence-electron chi connectivity index (χ1n) is 21.5. The van der Waals surface area contributed by atoms with Gasteiger partial charge in [-0.2, -0.15) is 0 Å². The molecule has 0 aliphatic rings. The van der Waals surface area contributed by atoms with Gasteiger partial charge in [0.1, 0.15) is 11.0 Å². The lowest BCUT2D eigenvalue weighted by Gasteiger charge is -2.11. The average Bonchev–Trinajstić information content (AvgIpc) is 4.11. The lowest BCUT2D eigenvalue weighted by Crippen LogP contribution is -2.00. The van der Waals surface area contributed by atoms with Crippen molar-refractivity contribution in [2.45, 2.75) is 0 Å². The molecule has 0 fully saturated rings. The van der Waals surface area contributed by atoms with E-state index in [4.69, 9.17) is 33.8 Å². The smallest absolute Gasteiger partial charge is 0.227 e. The minimum atomic E-state index is 0.544. The third-order valence-electron chi connectivity index (χ3n) is 12.1. The number of para-hydroxylation sites is 4. The monoisotopic (exact) mass is 834 g/mol. The molecule has 0 N–H and O–H groups in total. The molecule has 0 unspecified atom stereocenters. The maximum absolute atomic E-state index is 6.10. The second kappa shape index (κ2) is 14.8. The number of benzene rings is 9. The van der Waals surface area contributed by atoms with Crippen LogP contribution in [0.25, 0.3) is 129 Å². The van der Waals surface area contributed by atoms with E-state index in [1.807, 2.05) is 97.1 Å². The molecule has 0 radical (unpaired) electrons. The Hall–Kier alpha value is -9.01. The van der Waals surface area contributed by atoms with Crippen molar-refractivity contribution in [1.29, 1.82) is 0 Å². The quantitative estimate of drug-likeness (QED) is 0.158. The van der Waals surface area contributed by atoms with E-state index in [1.165, 1.54) is 21.7 Å². The molecule has 4 heterocycles. The highest BCUT2D eigenvalue weighted by Gasteiger charge is 2.20. The van der Waals surface area contributed by atoms with E-state index in [1.54, 1.807) is 0 Å². The summed E-state index contributed by atoms with van der Waals surface area (Å²) in [5.74, 6) is 2.76. The summed E-state index contributed by atoms with van der Waals surface area (Å²) in [6.45, 7) is 0. The summed E-state index contributed by atoms with van der Waals surface area (Å²) in [4.78, 5) is 24.9. The molecule has 0 bridgehead atoms. The fraction of sp³-hybridized carbons (Fsp3) is 0. The molecule has 13 rings (SSSR count). The van der Waals surface area contributed by atoms with Crippen LogP contribution >= 0.6 is 0 Å². The molecule has 4 aromatic heterocycles. The van der Waals surface area contributed by atoms with E-state index in [9.17, 15) is 0 Å². The van der Waals surface area contributed by atoms with Crippen LogP contribution < -0.4 is 0 Å². The number of hydrogen-bond donors (Lipinski definition) is 0. The first-order chi connectivity index (χ1) is 32.2. The van der Waals surface area contributed by atoms with Crippen LogP contribution in [0.3, 0.4) is 0 Å². The van der Waals surface area contributed by atoms with Crippen LogP contribution in [0.1, 0.15) is 0 Å². The maximum Gasteiger partial charge on any atom is 0.227 e. The van der Waals surface area contributed by atoms with Crippen LogP contribution in [0, 0.1) is 0 Å². The molecule has 0 aliphatic heterocycles. The van der Waals surface area contributed by atoms with Crippen molar-refractivity contribution >= 4 is 54.8 Å². The highest BCUT2D eigenvalue weighted by atomic mass is 16.4. The maximum atomic E-state index is 6.10. The van der Waals surface area contributed by atoms with Gasteiger partial charge in [0.15, 0.2) is 28.6 Å². The number of hydrogen-bond acceptors (Lipinski definition) is 7. The molecule has 304 valence electrons. The molecule has 65 heavy (non-hydrogen) atoms. The summed E-state index contributed by atoms with van der Waals surface area (Å²) in [5, 5.41) is 4.63. The second-order valence-corrected chi connectivity index (χ2v) is 16.1. The van der Waals surface area contributed by atoms with Crippen molar-refractivity contribution in [2.75, 3.05) is 0 Å². The Kier molecular flexibility index (Phi) is 8.35. The van der Waals surface area contributed by atoms with Crippen LogP contribution in [0.2, 0.25) is 0 Å².